The van der Waals surface area contributed by atoms with Crippen molar-refractivity contribution in [2.45, 2.75) is 64.1 Å². The average Bonchev–Trinajstić information content (AvgIpc) is 3.06. The molecule has 0 saturated heterocycles. The van der Waals surface area contributed by atoms with Crippen molar-refractivity contribution in [3.05, 3.63) is 126 Å². The van der Waals surface area contributed by atoms with Crippen LogP contribution in [0.5, 0.6) is 5.75 Å². The van der Waals surface area contributed by atoms with Gasteiger partial charge in [0.15, 0.2) is 0 Å². The first-order valence-electron chi connectivity index (χ1n) is 15.6. The van der Waals surface area contributed by atoms with Crippen LogP contribution in [0.15, 0.2) is 114 Å². The first-order chi connectivity index (χ1) is 22.1. The lowest BCUT2D eigenvalue weighted by molar-refractivity contribution is -0.140. The van der Waals surface area contributed by atoms with E-state index in [4.69, 9.17) is 4.74 Å². The molecule has 0 heterocycles. The zero-order valence-corrected chi connectivity index (χ0v) is 27.7. The molecule has 0 aliphatic heterocycles. The molecule has 242 valence electrons. The Bertz CT molecular complexity index is 1660. The Balaban J connectivity index is 1.79. The molecule has 9 heteroatoms. The first-order valence-corrected chi connectivity index (χ1v) is 17.1. The van der Waals surface area contributed by atoms with Gasteiger partial charge in [0.05, 0.1) is 17.2 Å². The van der Waals surface area contributed by atoms with Crippen molar-refractivity contribution in [1.82, 2.24) is 10.2 Å². The molecule has 0 spiro atoms. The number of ether oxygens (including phenoxy) is 1. The number of hydrogen-bond acceptors (Lipinski definition) is 5. The van der Waals surface area contributed by atoms with Gasteiger partial charge in [0.1, 0.15) is 18.3 Å². The van der Waals surface area contributed by atoms with E-state index in [1.54, 1.807) is 36.4 Å². The number of aryl methyl sites for hydroxylation is 1. The van der Waals surface area contributed by atoms with Crippen molar-refractivity contribution in [3.8, 4) is 5.75 Å². The van der Waals surface area contributed by atoms with Crippen LogP contribution in [0.4, 0.5) is 5.69 Å². The summed E-state index contributed by atoms with van der Waals surface area (Å²) in [5, 5.41) is 3.06. The Hall–Kier alpha value is -4.63. The zero-order valence-electron chi connectivity index (χ0n) is 26.9. The number of hydrogen-bond donors (Lipinski definition) is 1. The van der Waals surface area contributed by atoms with Gasteiger partial charge in [0.25, 0.3) is 10.0 Å². The lowest BCUT2D eigenvalue weighted by Crippen LogP contribution is -2.54. The minimum absolute atomic E-state index is 0.0599. The van der Waals surface area contributed by atoms with Crippen LogP contribution in [-0.2, 0) is 32.6 Å². The molecule has 46 heavy (non-hydrogen) atoms. The number of sulfonamides is 1. The fraction of sp³-hybridized carbons (Fsp3) is 0.297. The quantitative estimate of drug-likeness (QED) is 0.168. The summed E-state index contributed by atoms with van der Waals surface area (Å²) in [4.78, 5) is 30.0. The van der Waals surface area contributed by atoms with Gasteiger partial charge in [-0.15, -0.1) is 0 Å². The van der Waals surface area contributed by atoms with Crippen molar-refractivity contribution in [3.63, 3.8) is 0 Å². The van der Waals surface area contributed by atoms with E-state index in [1.165, 1.54) is 17.0 Å². The second-order valence-electron chi connectivity index (χ2n) is 11.3. The molecule has 1 N–H and O–H groups in total. The molecule has 0 aliphatic rings. The molecule has 0 unspecified atom stereocenters. The van der Waals surface area contributed by atoms with E-state index < -0.39 is 28.5 Å². The Morgan fingerprint density at radius 1 is 0.804 bits per heavy atom. The normalized spacial score (nSPS) is 12.5. The minimum atomic E-state index is -4.18. The average molecular weight is 642 g/mol. The fourth-order valence-corrected chi connectivity index (χ4v) is 6.43. The topological polar surface area (TPSA) is 96.0 Å². The van der Waals surface area contributed by atoms with Crippen LogP contribution in [-0.4, -0.2) is 50.4 Å². The van der Waals surface area contributed by atoms with Crippen LogP contribution in [0.3, 0.4) is 0 Å². The molecule has 2 amide bonds. The molecule has 2 atom stereocenters. The molecule has 4 aromatic carbocycles. The fourth-order valence-electron chi connectivity index (χ4n) is 5.02. The minimum Gasteiger partial charge on any atom is -0.494 e. The van der Waals surface area contributed by atoms with Crippen molar-refractivity contribution < 1.29 is 22.7 Å². The van der Waals surface area contributed by atoms with Crippen LogP contribution in [0.25, 0.3) is 0 Å². The van der Waals surface area contributed by atoms with Crippen molar-refractivity contribution in [2.75, 3.05) is 17.5 Å². The SMILES string of the molecule is CCOc1ccc(N(CC(=O)N(Cc2ccccc2)[C@@H](Cc2ccccc2)C(=O)N[C@H](C)CC)S(=O)(=O)c2ccc(C)cc2)cc1. The Kier molecular flexibility index (Phi) is 12.0. The summed E-state index contributed by atoms with van der Waals surface area (Å²) in [5.74, 6) is -0.217. The lowest BCUT2D eigenvalue weighted by Gasteiger charge is -2.34. The number of carbonyl (C=O) groups is 2. The maximum Gasteiger partial charge on any atom is 0.264 e. The van der Waals surface area contributed by atoms with E-state index >= 15 is 0 Å². The lowest BCUT2D eigenvalue weighted by atomic mass is 10.0. The van der Waals surface area contributed by atoms with Gasteiger partial charge in [-0.2, -0.15) is 0 Å². The summed E-state index contributed by atoms with van der Waals surface area (Å²) < 4.78 is 35.1. The van der Waals surface area contributed by atoms with E-state index in [0.717, 1.165) is 27.4 Å². The predicted octanol–water partition coefficient (Wildman–Crippen LogP) is 6.14. The maximum absolute atomic E-state index is 14.5. The van der Waals surface area contributed by atoms with E-state index in [9.17, 15) is 18.0 Å². The highest BCUT2D eigenvalue weighted by Crippen LogP contribution is 2.27. The summed E-state index contributed by atoms with van der Waals surface area (Å²) >= 11 is 0. The molecule has 0 aliphatic carbocycles. The number of carbonyl (C=O) groups excluding carboxylic acids is 2. The van der Waals surface area contributed by atoms with Gasteiger partial charge in [-0.05, 0) is 74.7 Å². The Morgan fingerprint density at radius 2 is 1.39 bits per heavy atom. The number of amides is 2. The molecule has 0 aromatic heterocycles. The number of nitrogens with zero attached hydrogens (tertiary/aromatic N) is 2. The van der Waals surface area contributed by atoms with Crippen molar-refractivity contribution >= 4 is 27.5 Å². The number of anilines is 1. The van der Waals surface area contributed by atoms with Gasteiger partial charge < -0.3 is 15.0 Å². The second-order valence-corrected chi connectivity index (χ2v) is 13.1. The molecule has 0 bridgehead atoms. The van der Waals surface area contributed by atoms with Gasteiger partial charge in [-0.1, -0.05) is 85.3 Å². The highest BCUT2D eigenvalue weighted by Gasteiger charge is 2.35. The van der Waals surface area contributed by atoms with E-state index in [0.29, 0.717) is 18.0 Å². The molecule has 4 aromatic rings. The summed E-state index contributed by atoms with van der Waals surface area (Å²) in [6, 6.07) is 31.1. The van der Waals surface area contributed by atoms with Gasteiger partial charge in [-0.25, -0.2) is 8.42 Å². The van der Waals surface area contributed by atoms with Gasteiger partial charge in [0.2, 0.25) is 11.8 Å². The van der Waals surface area contributed by atoms with E-state index in [-0.39, 0.29) is 29.8 Å². The van der Waals surface area contributed by atoms with E-state index in [2.05, 4.69) is 5.32 Å². The molecule has 0 radical (unpaired) electrons. The largest absolute Gasteiger partial charge is 0.494 e. The Labute approximate surface area is 273 Å². The van der Waals surface area contributed by atoms with Gasteiger partial charge in [-0.3, -0.25) is 13.9 Å². The molecular weight excluding hydrogens is 598 g/mol. The summed E-state index contributed by atoms with van der Waals surface area (Å²) in [5.41, 5.74) is 2.92. The summed E-state index contributed by atoms with van der Waals surface area (Å²) in [6.45, 7) is 7.70. The first kappa shape index (κ1) is 34.2. The van der Waals surface area contributed by atoms with Crippen LogP contribution in [0.1, 0.15) is 43.9 Å². The van der Waals surface area contributed by atoms with E-state index in [1.807, 2.05) is 88.4 Å². The van der Waals surface area contributed by atoms with Crippen LogP contribution < -0.4 is 14.4 Å². The highest BCUT2D eigenvalue weighted by atomic mass is 32.2. The number of benzene rings is 4. The van der Waals surface area contributed by atoms with Crippen LogP contribution in [0, 0.1) is 6.92 Å². The summed E-state index contributed by atoms with van der Waals surface area (Å²) in [6.07, 6.45) is 0.978. The molecule has 0 fully saturated rings. The molecule has 4 rings (SSSR count). The predicted molar refractivity (Wildman–Crippen MR) is 182 cm³/mol. The van der Waals surface area contributed by atoms with Gasteiger partial charge in [0, 0.05) is 19.0 Å². The summed E-state index contributed by atoms with van der Waals surface area (Å²) in [7, 11) is -4.18. The van der Waals surface area contributed by atoms with Crippen LogP contribution >= 0.6 is 0 Å². The molecule has 8 nitrogen and oxygen atoms in total. The third-order valence-corrected chi connectivity index (χ3v) is 9.58. The standard InChI is InChI=1S/C37H43N3O5S/c1-5-29(4)38-37(42)35(25-30-13-9-7-10-14-30)39(26-31-15-11-8-12-16-31)36(41)27-40(32-19-21-33(22-20-32)45-6-2)46(43,44)34-23-17-28(3)18-24-34/h7-24,29,35H,5-6,25-27H2,1-4H3,(H,38,42)/t29-,35+/m1/s1. The van der Waals surface area contributed by atoms with Crippen molar-refractivity contribution in [2.24, 2.45) is 0 Å². The monoisotopic (exact) mass is 641 g/mol. The van der Waals surface area contributed by atoms with Gasteiger partial charge >= 0.3 is 0 Å². The number of rotatable bonds is 15. The van der Waals surface area contributed by atoms with Crippen molar-refractivity contribution in [1.29, 1.82) is 0 Å². The highest BCUT2D eigenvalue weighted by molar-refractivity contribution is 7.92. The third-order valence-electron chi connectivity index (χ3n) is 7.79. The zero-order chi connectivity index (χ0) is 33.1. The molecule has 0 saturated carbocycles. The van der Waals surface area contributed by atoms with Crippen LogP contribution in [0.2, 0.25) is 0 Å². The second kappa shape index (κ2) is 16.1. The smallest absolute Gasteiger partial charge is 0.264 e. The molecular formula is C37H43N3O5S. The third kappa shape index (κ3) is 8.97. The Morgan fingerprint density at radius 3 is 1.96 bits per heavy atom. The maximum atomic E-state index is 14.5. The number of nitrogens with one attached hydrogen (secondary N) is 1.